The van der Waals surface area contributed by atoms with E-state index in [1.54, 1.807) is 31.3 Å². The van der Waals surface area contributed by atoms with Gasteiger partial charge in [0.15, 0.2) is 0 Å². The molecule has 0 saturated heterocycles. The van der Waals surface area contributed by atoms with E-state index in [0.717, 1.165) is 0 Å². The average molecular weight is 223 g/mol. The van der Waals surface area contributed by atoms with Crippen LogP contribution in [0.15, 0.2) is 24.4 Å². The normalized spacial score (nSPS) is 16.2. The zero-order valence-electron chi connectivity index (χ0n) is 9.80. The van der Waals surface area contributed by atoms with E-state index in [-0.39, 0.29) is 0 Å². The number of carbonyl (C=O) groups is 1. The van der Waals surface area contributed by atoms with E-state index in [0.29, 0.717) is 12.1 Å². The number of pyridine rings is 1. The summed E-state index contributed by atoms with van der Waals surface area (Å²) in [5.41, 5.74) is -0.824. The molecule has 0 aliphatic heterocycles. The number of aromatic nitrogens is 1. The molecule has 1 heterocycles. The molecule has 0 aromatic carbocycles. The first-order valence-electron chi connectivity index (χ1n) is 5.25. The molecule has 2 atom stereocenters. The lowest BCUT2D eigenvalue weighted by atomic mass is 9.84. The monoisotopic (exact) mass is 223 g/mol. The summed E-state index contributed by atoms with van der Waals surface area (Å²) in [5, 5.41) is 10.4. The predicted molar refractivity (Wildman–Crippen MR) is 59.6 cm³/mol. The van der Waals surface area contributed by atoms with Crippen LogP contribution in [-0.4, -0.2) is 23.2 Å². The van der Waals surface area contributed by atoms with Crippen molar-refractivity contribution in [3.63, 3.8) is 0 Å². The molecule has 0 radical (unpaired) electrons. The molecule has 1 N–H and O–H groups in total. The molecule has 4 nitrogen and oxygen atoms in total. The Morgan fingerprint density at radius 2 is 2.31 bits per heavy atom. The van der Waals surface area contributed by atoms with Crippen molar-refractivity contribution < 1.29 is 14.6 Å². The Hall–Kier alpha value is -1.42. The first-order chi connectivity index (χ1) is 7.54. The molecule has 0 bridgehead atoms. The van der Waals surface area contributed by atoms with Crippen LogP contribution in [0.25, 0.3) is 0 Å². The van der Waals surface area contributed by atoms with Crippen LogP contribution >= 0.6 is 0 Å². The first kappa shape index (κ1) is 12.6. The van der Waals surface area contributed by atoms with Crippen molar-refractivity contribution in [2.75, 3.05) is 7.11 Å². The maximum atomic E-state index is 11.6. The minimum absolute atomic E-state index is 0.418. The number of carbonyl (C=O) groups excluding carboxylic acids is 1. The smallest absolute Gasteiger partial charge is 0.311 e. The second-order valence-electron chi connectivity index (χ2n) is 3.85. The summed E-state index contributed by atoms with van der Waals surface area (Å²) in [7, 11) is 1.32. The van der Waals surface area contributed by atoms with Gasteiger partial charge in [-0.2, -0.15) is 0 Å². The van der Waals surface area contributed by atoms with Gasteiger partial charge in [-0.3, -0.25) is 9.78 Å². The highest BCUT2D eigenvalue weighted by molar-refractivity contribution is 5.73. The molecule has 2 unspecified atom stereocenters. The van der Waals surface area contributed by atoms with E-state index in [2.05, 4.69) is 9.72 Å². The van der Waals surface area contributed by atoms with Gasteiger partial charge in [0, 0.05) is 6.20 Å². The van der Waals surface area contributed by atoms with Crippen LogP contribution in [0.5, 0.6) is 0 Å². The van der Waals surface area contributed by atoms with Crippen molar-refractivity contribution >= 4 is 5.97 Å². The summed E-state index contributed by atoms with van der Waals surface area (Å²) in [5.74, 6) is -1.02. The fourth-order valence-corrected chi connectivity index (χ4v) is 1.78. The number of nitrogens with zero attached hydrogens (tertiary/aromatic N) is 1. The Bertz CT molecular complexity index is 349. The van der Waals surface area contributed by atoms with Crippen LogP contribution in [0.3, 0.4) is 0 Å². The number of aliphatic hydroxyl groups is 1. The molecule has 4 heteroatoms. The second-order valence-corrected chi connectivity index (χ2v) is 3.85. The van der Waals surface area contributed by atoms with Crippen LogP contribution in [0.4, 0.5) is 0 Å². The molecule has 0 fully saturated rings. The lowest BCUT2D eigenvalue weighted by Gasteiger charge is -2.29. The molecular weight excluding hydrogens is 206 g/mol. The van der Waals surface area contributed by atoms with E-state index >= 15 is 0 Å². The summed E-state index contributed by atoms with van der Waals surface area (Å²) >= 11 is 0. The summed E-state index contributed by atoms with van der Waals surface area (Å²) in [6, 6.07) is 5.24. The zero-order valence-corrected chi connectivity index (χ0v) is 9.80. The highest BCUT2D eigenvalue weighted by Gasteiger charge is 2.39. The Kier molecular flexibility index (Phi) is 4.01. The van der Waals surface area contributed by atoms with Gasteiger partial charge in [0.05, 0.1) is 18.7 Å². The molecule has 0 aliphatic rings. The van der Waals surface area contributed by atoms with Crippen molar-refractivity contribution in [1.29, 1.82) is 0 Å². The van der Waals surface area contributed by atoms with E-state index in [4.69, 9.17) is 0 Å². The summed E-state index contributed by atoms with van der Waals surface area (Å²) in [6.07, 6.45) is 2.09. The van der Waals surface area contributed by atoms with Gasteiger partial charge >= 0.3 is 5.97 Å². The van der Waals surface area contributed by atoms with Crippen molar-refractivity contribution in [1.82, 2.24) is 4.98 Å². The topological polar surface area (TPSA) is 59.4 Å². The zero-order chi connectivity index (χ0) is 12.2. The molecule has 0 spiro atoms. The van der Waals surface area contributed by atoms with Crippen LogP contribution in [-0.2, 0) is 15.1 Å². The fraction of sp³-hybridized carbons (Fsp3) is 0.500. The maximum absolute atomic E-state index is 11.6. The Morgan fingerprint density at radius 3 is 2.75 bits per heavy atom. The number of hydrogen-bond acceptors (Lipinski definition) is 4. The minimum Gasteiger partial charge on any atom is -0.469 e. The van der Waals surface area contributed by atoms with E-state index in [1.165, 1.54) is 7.11 Å². The lowest BCUT2D eigenvalue weighted by Crippen LogP contribution is -2.38. The van der Waals surface area contributed by atoms with Crippen LogP contribution < -0.4 is 0 Å². The Balaban J connectivity index is 3.04. The van der Waals surface area contributed by atoms with Crippen molar-refractivity contribution in [2.45, 2.75) is 25.9 Å². The lowest BCUT2D eigenvalue weighted by molar-refractivity contribution is -0.156. The third-order valence-electron chi connectivity index (χ3n) is 2.76. The van der Waals surface area contributed by atoms with Crippen LogP contribution in [0.2, 0.25) is 0 Å². The highest BCUT2D eigenvalue weighted by atomic mass is 16.5. The molecule has 0 saturated carbocycles. The number of rotatable bonds is 4. The second kappa shape index (κ2) is 5.07. The largest absolute Gasteiger partial charge is 0.469 e. The van der Waals surface area contributed by atoms with Gasteiger partial charge in [0.2, 0.25) is 0 Å². The number of methoxy groups -OCH3 is 1. The fourth-order valence-electron chi connectivity index (χ4n) is 1.78. The molecule has 1 aromatic rings. The molecule has 1 aromatic heterocycles. The summed E-state index contributed by atoms with van der Waals surface area (Å²) < 4.78 is 4.68. The Labute approximate surface area is 95.3 Å². The average Bonchev–Trinajstić information content (AvgIpc) is 2.30. The van der Waals surface area contributed by atoms with Crippen LogP contribution in [0, 0.1) is 5.92 Å². The third-order valence-corrected chi connectivity index (χ3v) is 2.76. The molecular formula is C12H17NO3. The van der Waals surface area contributed by atoms with E-state index < -0.39 is 17.5 Å². The molecule has 16 heavy (non-hydrogen) atoms. The maximum Gasteiger partial charge on any atom is 0.311 e. The Morgan fingerprint density at radius 1 is 1.62 bits per heavy atom. The predicted octanol–water partition coefficient (Wildman–Crippen LogP) is 1.49. The third kappa shape index (κ3) is 2.39. The summed E-state index contributed by atoms with van der Waals surface area (Å²) in [6.45, 7) is 3.42. The number of esters is 1. The highest BCUT2D eigenvalue weighted by Crippen LogP contribution is 2.30. The first-order valence-corrected chi connectivity index (χ1v) is 5.25. The van der Waals surface area contributed by atoms with Gasteiger partial charge in [-0.1, -0.05) is 13.0 Å². The van der Waals surface area contributed by atoms with Gasteiger partial charge < -0.3 is 9.84 Å². The standard InChI is InChI=1S/C12H17NO3/c1-4-9(11(14)16-3)12(2,15)10-7-5-6-8-13-10/h5-9,15H,4H2,1-3H3. The van der Waals surface area contributed by atoms with Gasteiger partial charge in [0.1, 0.15) is 5.60 Å². The quantitative estimate of drug-likeness (QED) is 0.786. The number of hydrogen-bond donors (Lipinski definition) is 1. The molecule has 1 rings (SSSR count). The summed E-state index contributed by atoms with van der Waals surface area (Å²) in [4.78, 5) is 15.6. The van der Waals surface area contributed by atoms with Gasteiger partial charge in [0.25, 0.3) is 0 Å². The van der Waals surface area contributed by atoms with Crippen molar-refractivity contribution in [3.05, 3.63) is 30.1 Å². The van der Waals surface area contributed by atoms with E-state index in [1.807, 2.05) is 6.92 Å². The van der Waals surface area contributed by atoms with Gasteiger partial charge in [-0.25, -0.2) is 0 Å². The molecule has 88 valence electrons. The minimum atomic E-state index is -1.30. The number of ether oxygens (including phenoxy) is 1. The van der Waals surface area contributed by atoms with Crippen LogP contribution in [0.1, 0.15) is 26.0 Å². The van der Waals surface area contributed by atoms with E-state index in [9.17, 15) is 9.90 Å². The SMILES string of the molecule is CCC(C(=O)OC)C(C)(O)c1ccccn1. The van der Waals surface area contributed by atoms with Gasteiger partial charge in [-0.15, -0.1) is 0 Å². The van der Waals surface area contributed by atoms with Crippen molar-refractivity contribution in [3.8, 4) is 0 Å². The molecule has 0 aliphatic carbocycles. The van der Waals surface area contributed by atoms with Crippen molar-refractivity contribution in [2.24, 2.45) is 5.92 Å². The molecule has 0 amide bonds. The van der Waals surface area contributed by atoms with Gasteiger partial charge in [-0.05, 0) is 25.5 Å².